The summed E-state index contributed by atoms with van der Waals surface area (Å²) in [5.41, 5.74) is 1.93. The lowest BCUT2D eigenvalue weighted by atomic mass is 9.82. The van der Waals surface area contributed by atoms with Gasteiger partial charge in [-0.2, -0.15) is 0 Å². The van der Waals surface area contributed by atoms with Gasteiger partial charge in [-0.15, -0.1) is 13.2 Å². The Kier molecular flexibility index (Phi) is 7.14. The topological polar surface area (TPSA) is 130 Å². The van der Waals surface area contributed by atoms with Crippen LogP contribution in [0, 0.1) is 11.8 Å². The number of benzene rings is 2. The average molecular weight is 635 g/mol. The second-order valence-electron chi connectivity index (χ2n) is 11.6. The van der Waals surface area contributed by atoms with E-state index in [1.807, 2.05) is 0 Å². The first-order chi connectivity index (χ1) is 20.5. The molecule has 2 aromatic carbocycles. The van der Waals surface area contributed by atoms with Crippen molar-refractivity contribution in [2.24, 2.45) is 17.0 Å². The summed E-state index contributed by atoms with van der Waals surface area (Å²) in [4.78, 5) is 4.72. The number of hydrogen-bond acceptors (Lipinski definition) is 9. The molecule has 4 aromatic rings. The summed E-state index contributed by atoms with van der Waals surface area (Å²) >= 11 is 1.41. The molecule has 2 atom stereocenters. The number of nitrogens with one attached hydrogen (secondary N) is 1. The van der Waals surface area contributed by atoms with Crippen LogP contribution in [0.15, 0.2) is 51.9 Å². The molecule has 2 heterocycles. The van der Waals surface area contributed by atoms with Crippen molar-refractivity contribution >= 4 is 36.7 Å². The van der Waals surface area contributed by atoms with Crippen LogP contribution in [0.2, 0.25) is 0 Å². The van der Waals surface area contributed by atoms with E-state index in [9.17, 15) is 21.6 Å². The molecular formula is C29H29F3N4O5S2. The molecule has 3 aliphatic carbocycles. The molecule has 3 N–H and O–H groups in total. The van der Waals surface area contributed by atoms with Crippen molar-refractivity contribution in [3.8, 4) is 17.0 Å². The van der Waals surface area contributed by atoms with E-state index in [-0.39, 0.29) is 40.9 Å². The quantitative estimate of drug-likeness (QED) is 0.212. The van der Waals surface area contributed by atoms with E-state index in [4.69, 9.17) is 14.4 Å². The monoisotopic (exact) mass is 634 g/mol. The lowest BCUT2D eigenvalue weighted by Gasteiger charge is -2.35. The number of primary sulfonamides is 1. The Labute approximate surface area is 249 Å². The fourth-order valence-corrected chi connectivity index (χ4v) is 8.11. The van der Waals surface area contributed by atoms with Crippen LogP contribution in [0.1, 0.15) is 55.8 Å². The molecule has 3 fully saturated rings. The van der Waals surface area contributed by atoms with Crippen molar-refractivity contribution in [2.45, 2.75) is 74.5 Å². The normalized spacial score (nSPS) is 24.0. The summed E-state index contributed by atoms with van der Waals surface area (Å²) in [6.45, 7) is 0.192. The number of nitrogens with zero attached hydrogens (tertiary/aromatic N) is 2. The van der Waals surface area contributed by atoms with E-state index < -0.39 is 16.4 Å². The number of para-hydroxylation sites is 1. The number of ether oxygens (including phenoxy) is 2. The number of hydrogen-bond donors (Lipinski definition) is 2. The predicted molar refractivity (Wildman–Crippen MR) is 153 cm³/mol. The molecule has 2 aromatic heterocycles. The maximum absolute atomic E-state index is 13.1. The van der Waals surface area contributed by atoms with Crippen LogP contribution in [-0.2, 0) is 21.4 Å². The zero-order valence-electron chi connectivity index (χ0n) is 22.8. The van der Waals surface area contributed by atoms with Gasteiger partial charge in [0.1, 0.15) is 17.2 Å². The number of halogens is 3. The number of sulfonamides is 1. The molecule has 0 aliphatic heterocycles. The zero-order valence-corrected chi connectivity index (χ0v) is 24.5. The molecular weight excluding hydrogens is 605 g/mol. The summed E-state index contributed by atoms with van der Waals surface area (Å²) in [6, 6.07) is 10.9. The molecule has 3 saturated carbocycles. The Morgan fingerprint density at radius 3 is 2.51 bits per heavy atom. The Morgan fingerprint density at radius 1 is 1.07 bits per heavy atom. The highest BCUT2D eigenvalue weighted by atomic mass is 32.2. The van der Waals surface area contributed by atoms with E-state index in [0.29, 0.717) is 34.4 Å². The number of nitrogens with two attached hydrogens (primary N) is 1. The number of aromatic nitrogens is 2. The second-order valence-corrected chi connectivity index (χ2v) is 14.1. The van der Waals surface area contributed by atoms with Crippen LogP contribution in [-0.4, -0.2) is 37.1 Å². The van der Waals surface area contributed by atoms with Gasteiger partial charge in [-0.1, -0.05) is 28.6 Å². The summed E-state index contributed by atoms with van der Waals surface area (Å²) in [5, 5.41) is 13.8. The fourth-order valence-electron chi connectivity index (χ4n) is 6.55. The van der Waals surface area contributed by atoms with Crippen LogP contribution < -0.4 is 15.2 Å². The fraction of sp³-hybridized carbons (Fsp3) is 0.448. The third-order valence-electron chi connectivity index (χ3n) is 8.63. The van der Waals surface area contributed by atoms with Crippen molar-refractivity contribution in [1.29, 1.82) is 0 Å². The SMILES string of the molecule is NS(=O)(=O)c1ccc2nc(NC3C4CCC3CC(OCc3c(-c5ccccc5OC(F)(F)F)noc3C3CC3)C4)sc2c1. The summed E-state index contributed by atoms with van der Waals surface area (Å²) in [7, 11) is -3.80. The molecule has 3 aliphatic rings. The van der Waals surface area contributed by atoms with Crippen molar-refractivity contribution in [3.05, 3.63) is 53.8 Å². The van der Waals surface area contributed by atoms with Gasteiger partial charge in [-0.3, -0.25) is 0 Å². The van der Waals surface area contributed by atoms with Gasteiger partial charge < -0.3 is 19.3 Å². The summed E-state index contributed by atoms with van der Waals surface area (Å²) in [6.07, 6.45) is 0.814. The van der Waals surface area contributed by atoms with Crippen LogP contribution in [0.4, 0.5) is 18.3 Å². The maximum Gasteiger partial charge on any atom is 0.573 e. The molecule has 0 radical (unpaired) electrons. The Hall–Kier alpha value is -3.20. The standard InChI is InChI=1S/C29H29F3N4O5S2/c30-29(31,32)40-23-4-2-1-3-20(23)26-21(27(41-36-26)15-5-6-15)14-39-18-11-16-7-8-17(12-18)25(16)35-28-34-22-10-9-19(43(33,37)38)13-24(22)42-28/h1-4,9-10,13,15-18,25H,5-8,11-12,14H2,(H,34,35)(H2,33,37,38). The highest BCUT2D eigenvalue weighted by Crippen LogP contribution is 2.48. The minimum absolute atomic E-state index is 0.0142. The van der Waals surface area contributed by atoms with Crippen LogP contribution in [0.3, 0.4) is 0 Å². The van der Waals surface area contributed by atoms with Crippen LogP contribution >= 0.6 is 11.3 Å². The summed E-state index contributed by atoms with van der Waals surface area (Å²) in [5.74, 6) is 1.27. The molecule has 43 heavy (non-hydrogen) atoms. The van der Waals surface area contributed by atoms with Crippen molar-refractivity contribution in [3.63, 3.8) is 0 Å². The number of fused-ring (bicyclic) bond motifs is 3. The molecule has 2 unspecified atom stereocenters. The molecule has 2 bridgehead atoms. The molecule has 9 nitrogen and oxygen atoms in total. The zero-order chi connectivity index (χ0) is 29.9. The molecule has 0 saturated heterocycles. The van der Waals surface area contributed by atoms with Gasteiger partial charge in [0, 0.05) is 23.1 Å². The minimum atomic E-state index is -4.83. The van der Waals surface area contributed by atoms with Crippen molar-refractivity contribution in [2.75, 3.05) is 5.32 Å². The van der Waals surface area contributed by atoms with Crippen molar-refractivity contribution in [1.82, 2.24) is 10.1 Å². The first-order valence-corrected chi connectivity index (χ1v) is 16.5. The van der Waals surface area contributed by atoms with Gasteiger partial charge in [0.2, 0.25) is 10.0 Å². The maximum atomic E-state index is 13.1. The minimum Gasteiger partial charge on any atom is -0.405 e. The lowest BCUT2D eigenvalue weighted by Crippen LogP contribution is -2.39. The van der Waals surface area contributed by atoms with Crippen LogP contribution in [0.5, 0.6) is 5.75 Å². The lowest BCUT2D eigenvalue weighted by molar-refractivity contribution is -0.274. The smallest absolute Gasteiger partial charge is 0.405 e. The van der Waals surface area contributed by atoms with Gasteiger partial charge in [0.15, 0.2) is 5.13 Å². The molecule has 228 valence electrons. The molecule has 0 amide bonds. The van der Waals surface area contributed by atoms with E-state index in [1.165, 1.54) is 29.5 Å². The molecule has 7 rings (SSSR count). The third kappa shape index (κ3) is 5.97. The second kappa shape index (κ2) is 10.8. The Bertz CT molecular complexity index is 1760. The van der Waals surface area contributed by atoms with E-state index in [2.05, 4.69) is 20.2 Å². The average Bonchev–Trinajstić information content (AvgIpc) is 3.50. The predicted octanol–water partition coefficient (Wildman–Crippen LogP) is 6.56. The van der Waals surface area contributed by atoms with Gasteiger partial charge in [-0.25, -0.2) is 18.5 Å². The van der Waals surface area contributed by atoms with Crippen LogP contribution in [0.25, 0.3) is 21.5 Å². The van der Waals surface area contributed by atoms with Gasteiger partial charge >= 0.3 is 6.36 Å². The third-order valence-corrected chi connectivity index (χ3v) is 10.5. The highest BCUT2D eigenvalue weighted by molar-refractivity contribution is 7.89. The highest BCUT2D eigenvalue weighted by Gasteiger charge is 2.44. The van der Waals surface area contributed by atoms with Gasteiger partial charge in [-0.05, 0) is 80.7 Å². The molecule has 0 spiro atoms. The van der Waals surface area contributed by atoms with E-state index in [0.717, 1.165) is 48.4 Å². The number of thiazole rings is 1. The number of anilines is 1. The first-order valence-electron chi connectivity index (χ1n) is 14.2. The van der Waals surface area contributed by atoms with Gasteiger partial charge in [0.05, 0.1) is 27.8 Å². The Morgan fingerprint density at radius 2 is 1.81 bits per heavy atom. The number of rotatable bonds is 9. The van der Waals surface area contributed by atoms with E-state index >= 15 is 0 Å². The van der Waals surface area contributed by atoms with Crippen molar-refractivity contribution < 1.29 is 35.6 Å². The number of alkyl halides is 3. The largest absolute Gasteiger partial charge is 0.573 e. The summed E-state index contributed by atoms with van der Waals surface area (Å²) < 4.78 is 80.0. The molecule has 14 heteroatoms. The van der Waals surface area contributed by atoms with Gasteiger partial charge in [0.25, 0.3) is 0 Å². The van der Waals surface area contributed by atoms with E-state index in [1.54, 1.807) is 24.3 Å². The Balaban J connectivity index is 1.05. The first kappa shape index (κ1) is 28.6.